The van der Waals surface area contributed by atoms with E-state index in [1.54, 1.807) is 23.1 Å². The van der Waals surface area contributed by atoms with Crippen molar-refractivity contribution in [1.82, 2.24) is 15.6 Å². The largest absolute Gasteiger partial charge is 0.392 e. The van der Waals surface area contributed by atoms with Crippen molar-refractivity contribution in [3.8, 4) is 11.1 Å². The Balaban J connectivity index is 0.875. The van der Waals surface area contributed by atoms with E-state index in [0.717, 1.165) is 86.0 Å². The molecule has 10 rings (SSSR count). The molecule has 5 aliphatic rings. The van der Waals surface area contributed by atoms with E-state index < -0.39 is 6.29 Å². The number of ether oxygens (including phenoxy) is 2. The first kappa shape index (κ1) is 35.0. The fourth-order valence-corrected chi connectivity index (χ4v) is 12.1. The third kappa shape index (κ3) is 7.51. The van der Waals surface area contributed by atoms with Gasteiger partial charge in [0, 0.05) is 29.3 Å². The number of fused-ring (bicyclic) bond motifs is 1. The van der Waals surface area contributed by atoms with Gasteiger partial charge in [-0.2, -0.15) is 0 Å². The quantitative estimate of drug-likeness (QED) is 0.123. The van der Waals surface area contributed by atoms with Crippen molar-refractivity contribution < 1.29 is 19.4 Å². The van der Waals surface area contributed by atoms with Crippen LogP contribution in [0.1, 0.15) is 80.1 Å². The maximum atomic E-state index is 13.1. The van der Waals surface area contributed by atoms with E-state index in [1.165, 1.54) is 24.0 Å². The van der Waals surface area contributed by atoms with E-state index in [4.69, 9.17) is 14.5 Å². The number of nitrogens with one attached hydrogen (secondary N) is 2. The van der Waals surface area contributed by atoms with Crippen molar-refractivity contribution in [1.29, 1.82) is 0 Å². The second kappa shape index (κ2) is 14.8. The van der Waals surface area contributed by atoms with Gasteiger partial charge in [-0.1, -0.05) is 97.5 Å². The zero-order chi connectivity index (χ0) is 35.9. The van der Waals surface area contributed by atoms with Gasteiger partial charge in [-0.05, 0) is 102 Å². The lowest BCUT2D eigenvalue weighted by Gasteiger charge is -2.56. The Hall–Kier alpha value is -3.73. The molecule has 0 spiro atoms. The average molecular weight is 746 g/mol. The molecule has 1 saturated heterocycles. The highest BCUT2D eigenvalue weighted by Crippen LogP contribution is 2.55. The number of para-hydroxylation sites is 1. The number of hydrogen-bond donors (Lipinski definition) is 3. The molecule has 9 heteroatoms. The number of rotatable bonds is 10. The van der Waals surface area contributed by atoms with Gasteiger partial charge in [-0.25, -0.2) is 9.78 Å². The second-order valence-electron chi connectivity index (χ2n) is 15.9. The number of aromatic nitrogens is 1. The molecule has 2 heterocycles. The zero-order valence-electron chi connectivity index (χ0n) is 30.1. The zero-order valence-corrected chi connectivity index (χ0v) is 31.7. The van der Waals surface area contributed by atoms with Crippen LogP contribution in [-0.4, -0.2) is 33.5 Å². The number of aliphatic hydroxyl groups excluding tert-OH is 1. The predicted octanol–water partition coefficient (Wildman–Crippen LogP) is 9.81. The molecule has 4 bridgehead atoms. The van der Waals surface area contributed by atoms with Gasteiger partial charge in [-0.15, -0.1) is 11.3 Å². The molecule has 1 aromatic heterocycles. The van der Waals surface area contributed by atoms with Gasteiger partial charge in [-0.3, -0.25) is 0 Å². The molecule has 0 radical (unpaired) electrons. The number of hydrogen-bond acceptors (Lipinski definition) is 7. The van der Waals surface area contributed by atoms with Crippen LogP contribution in [0.2, 0.25) is 0 Å². The van der Waals surface area contributed by atoms with Crippen molar-refractivity contribution in [3.63, 3.8) is 0 Å². The number of thiazole rings is 1. The molecule has 5 aromatic rings. The fraction of sp³-hybridized carbons (Fsp3) is 0.409. The van der Waals surface area contributed by atoms with E-state index in [-0.39, 0.29) is 36.3 Å². The number of benzene rings is 4. The highest BCUT2D eigenvalue weighted by atomic mass is 32.2. The molecule has 7 nitrogen and oxygen atoms in total. The van der Waals surface area contributed by atoms with Crippen LogP contribution in [0.15, 0.2) is 101 Å². The summed E-state index contributed by atoms with van der Waals surface area (Å²) in [6.07, 6.45) is 6.76. The Morgan fingerprint density at radius 1 is 0.849 bits per heavy atom. The molecule has 274 valence electrons. The van der Waals surface area contributed by atoms with Gasteiger partial charge < -0.3 is 25.2 Å². The molecular formula is C44H47N3O4S2. The third-order valence-electron chi connectivity index (χ3n) is 12.1. The number of thioether (sulfide) groups is 1. The highest BCUT2D eigenvalue weighted by molar-refractivity contribution is 8.01. The summed E-state index contributed by atoms with van der Waals surface area (Å²) < 4.78 is 15.7. The summed E-state index contributed by atoms with van der Waals surface area (Å²) >= 11 is 3.46. The molecule has 4 aromatic carbocycles. The van der Waals surface area contributed by atoms with Crippen molar-refractivity contribution in [2.45, 2.75) is 87.0 Å². The SMILES string of the molecule is C[C@H]1[C@@H](CSc2nc3ccccc3s2)O[C@@H](c2ccc(-c3cccc(CNC(=O)NC45CC6CC(CC(C6)C4)C5)c3)cc2)O[C@H]1c1ccc(CO)cc1. The lowest BCUT2D eigenvalue weighted by atomic mass is 9.53. The second-order valence-corrected chi connectivity index (χ2v) is 18.2. The Labute approximate surface area is 319 Å². The van der Waals surface area contributed by atoms with Crippen molar-refractivity contribution in [2.24, 2.45) is 23.7 Å². The van der Waals surface area contributed by atoms with Gasteiger partial charge in [0.2, 0.25) is 0 Å². The summed E-state index contributed by atoms with van der Waals surface area (Å²) in [5, 5.41) is 16.2. The number of amides is 2. The van der Waals surface area contributed by atoms with Crippen molar-refractivity contribution in [3.05, 3.63) is 119 Å². The Kier molecular flexibility index (Phi) is 9.80. The molecule has 4 atom stereocenters. The first-order valence-corrected chi connectivity index (χ1v) is 20.9. The summed E-state index contributed by atoms with van der Waals surface area (Å²) in [7, 11) is 0. The minimum atomic E-state index is -0.535. The monoisotopic (exact) mass is 745 g/mol. The molecule has 53 heavy (non-hydrogen) atoms. The lowest BCUT2D eigenvalue weighted by Crippen LogP contribution is -2.61. The Morgan fingerprint density at radius 3 is 2.28 bits per heavy atom. The van der Waals surface area contributed by atoms with Gasteiger partial charge in [0.1, 0.15) is 0 Å². The van der Waals surface area contributed by atoms with E-state index in [2.05, 4.69) is 96.4 Å². The van der Waals surface area contributed by atoms with Crippen LogP contribution in [0, 0.1) is 23.7 Å². The standard InChI is InChI=1S/C44H47N3O4S2/c1-27-38(26-52-43-46-37-7-2-3-8-39(37)53-43)50-41(51-40(27)34-11-9-28(25-48)10-12-34)35-15-13-33(14-16-35)36-6-4-5-29(20-36)24-45-42(49)47-44-21-30-17-31(22-44)19-32(18-30)23-44/h2-16,20,27,30-32,38,40-41,48H,17-19,21-26H2,1H3,(H2,45,47,49)/t27-,30?,31?,32?,38+,40+,41+,44?/m0/s1. The van der Waals surface area contributed by atoms with E-state index in [1.807, 2.05) is 18.2 Å². The molecule has 2 amide bonds. The summed E-state index contributed by atoms with van der Waals surface area (Å²) in [4.78, 5) is 18.0. The minimum absolute atomic E-state index is 0.00600. The summed E-state index contributed by atoms with van der Waals surface area (Å²) in [5.41, 5.74) is 7.22. The molecule has 3 N–H and O–H groups in total. The molecule has 0 unspecified atom stereocenters. The number of carbonyl (C=O) groups is 1. The van der Waals surface area contributed by atoms with Gasteiger partial charge in [0.05, 0.1) is 29.0 Å². The van der Waals surface area contributed by atoms with Crippen LogP contribution in [0.5, 0.6) is 0 Å². The first-order valence-electron chi connectivity index (χ1n) is 19.1. The van der Waals surface area contributed by atoms with Crippen LogP contribution in [0.4, 0.5) is 4.79 Å². The molecular weight excluding hydrogens is 699 g/mol. The van der Waals surface area contributed by atoms with Gasteiger partial charge in [0.15, 0.2) is 10.6 Å². The smallest absolute Gasteiger partial charge is 0.315 e. The first-order chi connectivity index (χ1) is 25.9. The van der Waals surface area contributed by atoms with Gasteiger partial charge >= 0.3 is 6.03 Å². The highest BCUT2D eigenvalue weighted by Gasteiger charge is 2.51. The van der Waals surface area contributed by atoms with Gasteiger partial charge in [0.25, 0.3) is 0 Å². The fourth-order valence-electron chi connectivity index (χ4n) is 9.80. The maximum Gasteiger partial charge on any atom is 0.315 e. The molecule has 1 aliphatic heterocycles. The lowest BCUT2D eigenvalue weighted by molar-refractivity contribution is -0.268. The topological polar surface area (TPSA) is 92.7 Å². The molecule has 4 aliphatic carbocycles. The van der Waals surface area contributed by atoms with Crippen LogP contribution in [0.25, 0.3) is 21.3 Å². The normalized spacial score (nSPS) is 29.0. The molecule has 5 fully saturated rings. The van der Waals surface area contributed by atoms with Crippen molar-refractivity contribution >= 4 is 39.3 Å². The number of nitrogens with zero attached hydrogens (tertiary/aromatic N) is 1. The van der Waals surface area contributed by atoms with E-state index in [0.29, 0.717) is 6.54 Å². The maximum absolute atomic E-state index is 13.1. The summed E-state index contributed by atoms with van der Waals surface area (Å²) in [5.74, 6) is 3.24. The number of urea groups is 1. The van der Waals surface area contributed by atoms with Crippen LogP contribution in [0.3, 0.4) is 0 Å². The Morgan fingerprint density at radius 2 is 1.57 bits per heavy atom. The third-order valence-corrected chi connectivity index (χ3v) is 14.3. The predicted molar refractivity (Wildman–Crippen MR) is 211 cm³/mol. The minimum Gasteiger partial charge on any atom is -0.392 e. The number of carbonyl (C=O) groups excluding carboxylic acids is 1. The van der Waals surface area contributed by atoms with Crippen LogP contribution in [-0.2, 0) is 22.6 Å². The summed E-state index contributed by atoms with van der Waals surface area (Å²) in [6.45, 7) is 2.70. The average Bonchev–Trinajstić information content (AvgIpc) is 3.59. The summed E-state index contributed by atoms with van der Waals surface area (Å²) in [6, 6.07) is 33.1. The number of aliphatic hydroxyl groups is 1. The Bertz CT molecular complexity index is 2000. The van der Waals surface area contributed by atoms with Crippen molar-refractivity contribution in [2.75, 3.05) is 5.75 Å². The van der Waals surface area contributed by atoms with E-state index in [9.17, 15) is 9.90 Å². The van der Waals surface area contributed by atoms with Crippen LogP contribution < -0.4 is 10.6 Å². The molecule has 4 saturated carbocycles. The van der Waals surface area contributed by atoms with Crippen LogP contribution >= 0.6 is 23.1 Å². The van der Waals surface area contributed by atoms with E-state index >= 15 is 0 Å².